The van der Waals surface area contributed by atoms with E-state index in [1.165, 1.54) is 3.93 Å². The number of rotatable bonds is 2. The SMILES string of the molecule is C[C@H]1C[C@@H]([CH2][Hg][Br])OO1. The minimum absolute atomic E-state index is 0.322. The van der Waals surface area contributed by atoms with Crippen LogP contribution in [0.25, 0.3) is 0 Å². The topological polar surface area (TPSA) is 18.5 Å². The fraction of sp³-hybridized carbons (Fsp3) is 1.00. The summed E-state index contributed by atoms with van der Waals surface area (Å²) in [4.78, 5) is 9.96. The van der Waals surface area contributed by atoms with Crippen molar-refractivity contribution in [1.82, 2.24) is 0 Å². The van der Waals surface area contributed by atoms with Crippen molar-refractivity contribution in [2.24, 2.45) is 0 Å². The predicted octanol–water partition coefficient (Wildman–Crippen LogP) is 1.91. The van der Waals surface area contributed by atoms with E-state index in [-0.39, 0.29) is 0 Å². The van der Waals surface area contributed by atoms with E-state index in [4.69, 9.17) is 9.78 Å². The van der Waals surface area contributed by atoms with Crippen LogP contribution in [0.5, 0.6) is 0 Å². The molecule has 1 rings (SSSR count). The molecular formula is C5H9BrHgO2. The first kappa shape index (κ1) is 8.43. The quantitative estimate of drug-likeness (QED) is 0.537. The van der Waals surface area contributed by atoms with Gasteiger partial charge in [0.25, 0.3) is 0 Å². The molecule has 9 heavy (non-hydrogen) atoms. The molecule has 1 fully saturated rings. The van der Waals surface area contributed by atoms with Crippen LogP contribution in [-0.2, 0) is 31.9 Å². The molecule has 0 spiro atoms. The summed E-state index contributed by atoms with van der Waals surface area (Å²) >= 11 is 2.92. The van der Waals surface area contributed by atoms with Gasteiger partial charge in [0, 0.05) is 0 Å². The number of hydrogen-bond acceptors (Lipinski definition) is 2. The fourth-order valence-corrected chi connectivity index (χ4v) is 7.63. The molecule has 0 bridgehead atoms. The van der Waals surface area contributed by atoms with Crippen molar-refractivity contribution in [2.75, 3.05) is 0 Å². The van der Waals surface area contributed by atoms with Gasteiger partial charge >= 0.3 is 73.3 Å². The second-order valence-electron chi connectivity index (χ2n) is 2.34. The second-order valence-corrected chi connectivity index (χ2v) is 13.0. The summed E-state index contributed by atoms with van der Waals surface area (Å²) in [6.07, 6.45) is 1.83. The molecule has 2 atom stereocenters. The molecule has 0 aliphatic carbocycles. The summed E-state index contributed by atoms with van der Waals surface area (Å²) in [7, 11) is 0. The maximum absolute atomic E-state index is 5.03. The van der Waals surface area contributed by atoms with Crippen LogP contribution in [0, 0.1) is 0 Å². The Bertz CT molecular complexity index is 89.0. The molecule has 2 nitrogen and oxygen atoms in total. The average molecular weight is 382 g/mol. The van der Waals surface area contributed by atoms with Crippen molar-refractivity contribution in [3.05, 3.63) is 0 Å². The molecule has 1 aliphatic heterocycles. The maximum atomic E-state index is 5.03. The summed E-state index contributed by atoms with van der Waals surface area (Å²) in [6.45, 7) is 2.05. The Morgan fingerprint density at radius 3 is 2.89 bits per heavy atom. The Morgan fingerprint density at radius 1 is 1.67 bits per heavy atom. The zero-order valence-electron chi connectivity index (χ0n) is 5.47. The van der Waals surface area contributed by atoms with Gasteiger partial charge in [-0.2, -0.15) is 0 Å². The standard InChI is InChI=1S/C5H9O2.BrH.Hg/c1-4-3-5(2)7-6-4;;/h4-5H,1,3H2,2H3;1H;/q;;+1/p-1/t4-,5+;;/m1../s1. The molecule has 0 N–H and O–H groups in total. The van der Waals surface area contributed by atoms with Crippen LogP contribution in [0.2, 0.25) is 3.93 Å². The third-order valence-corrected chi connectivity index (χ3v) is 8.75. The van der Waals surface area contributed by atoms with Gasteiger partial charge in [-0.1, -0.05) is 0 Å². The molecule has 50 valence electrons. The van der Waals surface area contributed by atoms with Crippen molar-refractivity contribution in [3.8, 4) is 0 Å². The normalized spacial score (nSPS) is 34.4. The van der Waals surface area contributed by atoms with E-state index in [1.807, 2.05) is 6.92 Å². The Hall–Kier alpha value is 1.34. The summed E-state index contributed by atoms with van der Waals surface area (Å²) in [6, 6.07) is 0. The Balaban J connectivity index is 2.14. The van der Waals surface area contributed by atoms with E-state index in [0.717, 1.165) is 6.42 Å². The fourth-order valence-electron chi connectivity index (χ4n) is 0.910. The summed E-state index contributed by atoms with van der Waals surface area (Å²) < 4.78 is 1.27. The molecule has 1 heterocycles. The Morgan fingerprint density at radius 2 is 2.44 bits per heavy atom. The summed E-state index contributed by atoms with van der Waals surface area (Å²) in [5.74, 6) is 0. The van der Waals surface area contributed by atoms with Crippen LogP contribution in [0.1, 0.15) is 13.3 Å². The van der Waals surface area contributed by atoms with Gasteiger partial charge < -0.3 is 0 Å². The Kier molecular flexibility index (Phi) is 3.99. The van der Waals surface area contributed by atoms with Gasteiger partial charge in [0.2, 0.25) is 0 Å². The first-order valence-electron chi connectivity index (χ1n) is 3.21. The van der Waals surface area contributed by atoms with Gasteiger partial charge in [0.15, 0.2) is 0 Å². The van der Waals surface area contributed by atoms with Crippen LogP contribution in [-0.4, -0.2) is 12.2 Å². The Labute approximate surface area is 72.9 Å². The van der Waals surface area contributed by atoms with E-state index < -0.39 is 22.1 Å². The summed E-state index contributed by atoms with van der Waals surface area (Å²) in [5, 5.41) is 0. The first-order chi connectivity index (χ1) is 4.33. The van der Waals surface area contributed by atoms with Gasteiger partial charge in [-0.25, -0.2) is 0 Å². The molecule has 0 unspecified atom stereocenters. The van der Waals surface area contributed by atoms with Crippen LogP contribution in [0.15, 0.2) is 0 Å². The van der Waals surface area contributed by atoms with E-state index >= 15 is 0 Å². The van der Waals surface area contributed by atoms with Crippen molar-refractivity contribution in [2.45, 2.75) is 29.5 Å². The van der Waals surface area contributed by atoms with E-state index in [1.54, 1.807) is 0 Å². The minimum atomic E-state index is -0.645. The van der Waals surface area contributed by atoms with Crippen LogP contribution in [0.4, 0.5) is 0 Å². The molecule has 0 saturated carbocycles. The number of hydrogen-bond donors (Lipinski definition) is 0. The zero-order chi connectivity index (χ0) is 6.69. The van der Waals surface area contributed by atoms with Gasteiger partial charge in [-0.15, -0.1) is 0 Å². The molecule has 0 amide bonds. The van der Waals surface area contributed by atoms with E-state index in [2.05, 4.69) is 11.9 Å². The average Bonchev–Trinajstić information content (AvgIpc) is 2.17. The van der Waals surface area contributed by atoms with Gasteiger partial charge in [0.1, 0.15) is 0 Å². The molecule has 0 aromatic rings. The monoisotopic (exact) mass is 382 g/mol. The van der Waals surface area contributed by atoms with Crippen molar-refractivity contribution >= 4 is 11.9 Å². The van der Waals surface area contributed by atoms with E-state index in [0.29, 0.717) is 12.2 Å². The van der Waals surface area contributed by atoms with Crippen molar-refractivity contribution in [3.63, 3.8) is 0 Å². The molecule has 1 saturated heterocycles. The second kappa shape index (κ2) is 4.26. The first-order valence-corrected chi connectivity index (χ1v) is 19.0. The summed E-state index contributed by atoms with van der Waals surface area (Å²) in [5.41, 5.74) is 0. The molecule has 0 aromatic heterocycles. The van der Waals surface area contributed by atoms with Gasteiger partial charge in [-0.05, 0) is 0 Å². The van der Waals surface area contributed by atoms with Crippen molar-refractivity contribution in [1.29, 1.82) is 0 Å². The predicted molar refractivity (Wildman–Crippen MR) is 33.8 cm³/mol. The van der Waals surface area contributed by atoms with Gasteiger partial charge in [-0.3, -0.25) is 0 Å². The van der Waals surface area contributed by atoms with Crippen LogP contribution < -0.4 is 0 Å². The molecule has 0 aromatic carbocycles. The van der Waals surface area contributed by atoms with Crippen LogP contribution >= 0.6 is 11.9 Å². The molecule has 0 radical (unpaired) electrons. The van der Waals surface area contributed by atoms with Crippen LogP contribution in [0.3, 0.4) is 0 Å². The van der Waals surface area contributed by atoms with E-state index in [9.17, 15) is 0 Å². The zero-order valence-corrected chi connectivity index (χ0v) is 12.6. The third kappa shape index (κ3) is 2.82. The molecular weight excluding hydrogens is 373 g/mol. The molecule has 4 heteroatoms. The van der Waals surface area contributed by atoms with Gasteiger partial charge in [0.05, 0.1) is 0 Å². The van der Waals surface area contributed by atoms with Crippen molar-refractivity contribution < 1.29 is 31.9 Å². The molecule has 1 aliphatic rings. The number of halogens is 1. The third-order valence-electron chi connectivity index (χ3n) is 1.38.